The van der Waals surface area contributed by atoms with Gasteiger partial charge in [-0.25, -0.2) is 14.0 Å². The molecular weight excluding hydrogens is 143 g/mol. The monoisotopic (exact) mass is 148 g/mol. The second-order valence-corrected chi connectivity index (χ2v) is 1.45. The number of carbonyl (C=O) groups is 2. The molecule has 0 aliphatic rings. The number of hydrogen-bond acceptors (Lipinski definition) is 2. The Bertz CT molecular complexity index is 184. The fourth-order valence-electron chi connectivity index (χ4n) is 0.307. The predicted molar refractivity (Wildman–Crippen MR) is 29.3 cm³/mol. The maximum atomic E-state index is 11.6. The van der Waals surface area contributed by atoms with Gasteiger partial charge >= 0.3 is 11.9 Å². The molecule has 10 heavy (non-hydrogen) atoms. The molecule has 2 N–H and O–H groups in total. The minimum atomic E-state index is -1.55. The average Bonchev–Trinajstić information content (AvgIpc) is 1.81. The summed E-state index contributed by atoms with van der Waals surface area (Å²) in [5.74, 6) is -3.01. The highest BCUT2D eigenvalue weighted by Crippen LogP contribution is 1.94. The lowest BCUT2D eigenvalue weighted by atomic mass is 10.3. The first-order valence-corrected chi connectivity index (χ1v) is 2.30. The van der Waals surface area contributed by atoms with E-state index in [0.29, 0.717) is 6.08 Å². The molecule has 56 valence electrons. The van der Waals surface area contributed by atoms with Crippen LogP contribution in [0.15, 0.2) is 11.6 Å². The van der Waals surface area contributed by atoms with E-state index in [2.05, 4.69) is 0 Å². The minimum Gasteiger partial charge on any atom is -0.478 e. The third-order valence-electron chi connectivity index (χ3n) is 0.716. The van der Waals surface area contributed by atoms with Crippen LogP contribution in [0.5, 0.6) is 0 Å². The number of alkyl halides is 1. The van der Waals surface area contributed by atoms with Gasteiger partial charge in [0.2, 0.25) is 0 Å². The molecule has 0 rings (SSSR count). The van der Waals surface area contributed by atoms with Gasteiger partial charge in [-0.1, -0.05) is 0 Å². The predicted octanol–water partition coefficient (Wildman–Crippen LogP) is 0.0515. The molecule has 0 aliphatic heterocycles. The number of aliphatic carboxylic acids is 2. The van der Waals surface area contributed by atoms with Crippen LogP contribution in [-0.2, 0) is 9.59 Å². The molecule has 0 unspecified atom stereocenters. The summed E-state index contributed by atoms with van der Waals surface area (Å²) in [5.41, 5.74) is -0.757. The van der Waals surface area contributed by atoms with E-state index >= 15 is 0 Å². The van der Waals surface area contributed by atoms with E-state index in [1.54, 1.807) is 0 Å². The number of carboxylic acid groups (broad SMARTS) is 2. The summed E-state index contributed by atoms with van der Waals surface area (Å²) < 4.78 is 11.6. The van der Waals surface area contributed by atoms with Crippen LogP contribution >= 0.6 is 0 Å². The van der Waals surface area contributed by atoms with E-state index in [0.717, 1.165) is 0 Å². The quantitative estimate of drug-likeness (QED) is 0.554. The van der Waals surface area contributed by atoms with Gasteiger partial charge in [-0.3, -0.25) is 0 Å². The van der Waals surface area contributed by atoms with Crippen LogP contribution < -0.4 is 0 Å². The summed E-state index contributed by atoms with van der Waals surface area (Å²) in [6, 6.07) is 0. The summed E-state index contributed by atoms with van der Waals surface area (Å²) in [6.07, 6.45) is 0.322. The van der Waals surface area contributed by atoms with Crippen molar-refractivity contribution in [3.63, 3.8) is 0 Å². The van der Waals surface area contributed by atoms with Crippen molar-refractivity contribution >= 4 is 11.9 Å². The number of rotatable bonds is 3. The molecule has 0 aliphatic carbocycles. The second kappa shape index (κ2) is 3.60. The van der Waals surface area contributed by atoms with Gasteiger partial charge in [0.05, 0.1) is 5.57 Å². The van der Waals surface area contributed by atoms with Gasteiger partial charge in [-0.05, 0) is 0 Å². The Morgan fingerprint density at radius 2 is 1.90 bits per heavy atom. The molecule has 0 atom stereocenters. The molecule has 0 saturated heterocycles. The zero-order chi connectivity index (χ0) is 8.15. The third kappa shape index (κ3) is 2.81. The summed E-state index contributed by atoms with van der Waals surface area (Å²) in [6.45, 7) is -1.28. The second-order valence-electron chi connectivity index (χ2n) is 1.45. The normalized spacial score (nSPS) is 11.1. The summed E-state index contributed by atoms with van der Waals surface area (Å²) >= 11 is 0. The van der Waals surface area contributed by atoms with Gasteiger partial charge in [0, 0.05) is 6.08 Å². The van der Waals surface area contributed by atoms with Crippen molar-refractivity contribution in [1.82, 2.24) is 0 Å². The van der Waals surface area contributed by atoms with Gasteiger partial charge < -0.3 is 10.2 Å². The van der Waals surface area contributed by atoms with Crippen LogP contribution in [0.1, 0.15) is 0 Å². The van der Waals surface area contributed by atoms with Crippen molar-refractivity contribution in [2.24, 2.45) is 0 Å². The van der Waals surface area contributed by atoms with Gasteiger partial charge in [-0.2, -0.15) is 0 Å². The Hall–Kier alpha value is -1.39. The molecule has 0 heterocycles. The van der Waals surface area contributed by atoms with Crippen molar-refractivity contribution in [2.45, 2.75) is 0 Å². The highest BCUT2D eigenvalue weighted by molar-refractivity contribution is 5.94. The van der Waals surface area contributed by atoms with Gasteiger partial charge in [-0.15, -0.1) is 0 Å². The molecule has 0 aromatic heterocycles. The lowest BCUT2D eigenvalue weighted by Crippen LogP contribution is -2.05. The first-order valence-electron chi connectivity index (χ1n) is 2.30. The third-order valence-corrected chi connectivity index (χ3v) is 0.716. The first kappa shape index (κ1) is 8.61. The average molecular weight is 148 g/mol. The van der Waals surface area contributed by atoms with Crippen molar-refractivity contribution in [1.29, 1.82) is 0 Å². The highest BCUT2D eigenvalue weighted by Gasteiger charge is 2.07. The van der Waals surface area contributed by atoms with E-state index in [4.69, 9.17) is 10.2 Å². The van der Waals surface area contributed by atoms with E-state index in [-0.39, 0.29) is 0 Å². The molecule has 4 nitrogen and oxygen atoms in total. The first-order chi connectivity index (χ1) is 4.57. The summed E-state index contributed by atoms with van der Waals surface area (Å²) in [7, 11) is 0. The maximum absolute atomic E-state index is 11.6. The van der Waals surface area contributed by atoms with Crippen molar-refractivity contribution < 1.29 is 24.2 Å². The van der Waals surface area contributed by atoms with E-state index < -0.39 is 24.2 Å². The van der Waals surface area contributed by atoms with E-state index in [1.165, 1.54) is 0 Å². The molecule has 0 radical (unpaired) electrons. The van der Waals surface area contributed by atoms with Crippen LogP contribution in [0.25, 0.3) is 0 Å². The van der Waals surface area contributed by atoms with Crippen LogP contribution in [0.4, 0.5) is 4.39 Å². The molecule has 0 spiro atoms. The Labute approximate surface area is 55.6 Å². The largest absolute Gasteiger partial charge is 0.478 e. The lowest BCUT2D eigenvalue weighted by molar-refractivity contribution is -0.135. The molecular formula is C5H5FO4. The Balaban J connectivity index is 4.34. The topological polar surface area (TPSA) is 74.6 Å². The zero-order valence-electron chi connectivity index (χ0n) is 4.87. The number of carboxylic acids is 2. The van der Waals surface area contributed by atoms with Gasteiger partial charge in [0.15, 0.2) is 0 Å². The van der Waals surface area contributed by atoms with Crippen LogP contribution in [-0.4, -0.2) is 28.8 Å². The Kier molecular flexibility index (Phi) is 3.10. The standard InChI is InChI=1S/C5H5FO4/c6-2-3(5(9)10)1-4(7)8/h1H,2H2,(H,7,8)(H,9,10)/b3-1-. The van der Waals surface area contributed by atoms with Crippen LogP contribution in [0, 0.1) is 0 Å². The number of hydrogen-bond donors (Lipinski definition) is 2. The van der Waals surface area contributed by atoms with Crippen molar-refractivity contribution in [2.75, 3.05) is 6.67 Å². The molecule has 0 saturated carbocycles. The van der Waals surface area contributed by atoms with Crippen LogP contribution in [0.2, 0.25) is 0 Å². The molecule has 0 fully saturated rings. The Morgan fingerprint density at radius 1 is 1.40 bits per heavy atom. The molecule has 5 heteroatoms. The van der Waals surface area contributed by atoms with Crippen molar-refractivity contribution in [3.05, 3.63) is 11.6 Å². The fraction of sp³-hybridized carbons (Fsp3) is 0.200. The van der Waals surface area contributed by atoms with Gasteiger partial charge in [0.1, 0.15) is 6.67 Å². The van der Waals surface area contributed by atoms with E-state index in [1.807, 2.05) is 0 Å². The minimum absolute atomic E-state index is 0.322. The highest BCUT2D eigenvalue weighted by atomic mass is 19.1. The number of halogens is 1. The fourth-order valence-corrected chi connectivity index (χ4v) is 0.307. The smallest absolute Gasteiger partial charge is 0.334 e. The summed E-state index contributed by atoms with van der Waals surface area (Å²) in [5, 5.41) is 16.0. The molecule has 0 amide bonds. The molecule has 0 aromatic carbocycles. The van der Waals surface area contributed by atoms with Crippen molar-refractivity contribution in [3.8, 4) is 0 Å². The maximum Gasteiger partial charge on any atom is 0.334 e. The zero-order valence-corrected chi connectivity index (χ0v) is 4.87. The molecule has 0 aromatic rings. The summed E-state index contributed by atoms with van der Waals surface area (Å²) in [4.78, 5) is 19.7. The van der Waals surface area contributed by atoms with Crippen LogP contribution in [0.3, 0.4) is 0 Å². The SMILES string of the molecule is O=C(O)/C=C(/CF)C(=O)O. The van der Waals surface area contributed by atoms with E-state index in [9.17, 15) is 14.0 Å². The lowest BCUT2D eigenvalue weighted by Gasteiger charge is -1.90. The molecule has 0 bridgehead atoms. The Morgan fingerprint density at radius 3 is 2.00 bits per heavy atom. The van der Waals surface area contributed by atoms with Gasteiger partial charge in [0.25, 0.3) is 0 Å².